The van der Waals surface area contributed by atoms with Crippen LogP contribution in [0.25, 0.3) is 0 Å². The maximum absolute atomic E-state index is 12.3. The van der Waals surface area contributed by atoms with E-state index in [2.05, 4.69) is 4.98 Å². The SMILES string of the molecule is CCCN(Cc1ncccc1N)CC(F)(F)F. The van der Waals surface area contributed by atoms with Crippen LogP contribution in [0.1, 0.15) is 19.0 Å². The van der Waals surface area contributed by atoms with E-state index in [4.69, 9.17) is 5.73 Å². The van der Waals surface area contributed by atoms with Crippen LogP contribution in [0.2, 0.25) is 0 Å². The van der Waals surface area contributed by atoms with Crippen molar-refractivity contribution in [2.45, 2.75) is 26.1 Å². The summed E-state index contributed by atoms with van der Waals surface area (Å²) < 4.78 is 37.0. The van der Waals surface area contributed by atoms with Gasteiger partial charge in [-0.1, -0.05) is 6.92 Å². The molecule has 0 aliphatic rings. The summed E-state index contributed by atoms with van der Waals surface area (Å²) in [6.45, 7) is 1.40. The topological polar surface area (TPSA) is 42.2 Å². The van der Waals surface area contributed by atoms with Crippen LogP contribution in [0.5, 0.6) is 0 Å². The molecule has 17 heavy (non-hydrogen) atoms. The number of hydrogen-bond donors (Lipinski definition) is 1. The van der Waals surface area contributed by atoms with Crippen molar-refractivity contribution < 1.29 is 13.2 Å². The first kappa shape index (κ1) is 13.8. The van der Waals surface area contributed by atoms with Crippen LogP contribution >= 0.6 is 0 Å². The van der Waals surface area contributed by atoms with Crippen LogP contribution in [0, 0.1) is 0 Å². The molecule has 96 valence electrons. The Bertz CT molecular complexity index is 352. The lowest BCUT2D eigenvalue weighted by molar-refractivity contribution is -0.147. The molecule has 0 bridgehead atoms. The van der Waals surface area contributed by atoms with Crippen molar-refractivity contribution in [2.75, 3.05) is 18.8 Å². The molecule has 0 unspecified atom stereocenters. The molecule has 1 rings (SSSR count). The predicted molar refractivity (Wildman–Crippen MR) is 60.3 cm³/mol. The number of halogens is 3. The summed E-state index contributed by atoms with van der Waals surface area (Å²) in [5.41, 5.74) is 6.58. The zero-order valence-electron chi connectivity index (χ0n) is 9.67. The van der Waals surface area contributed by atoms with Gasteiger partial charge in [0.25, 0.3) is 0 Å². The summed E-state index contributed by atoms with van der Waals surface area (Å²) >= 11 is 0. The second-order valence-corrected chi connectivity index (χ2v) is 3.87. The second-order valence-electron chi connectivity index (χ2n) is 3.87. The van der Waals surface area contributed by atoms with E-state index in [-0.39, 0.29) is 6.54 Å². The zero-order valence-corrected chi connectivity index (χ0v) is 9.67. The van der Waals surface area contributed by atoms with Gasteiger partial charge in [-0.3, -0.25) is 9.88 Å². The number of aromatic nitrogens is 1. The Morgan fingerprint density at radius 2 is 2.12 bits per heavy atom. The summed E-state index contributed by atoms with van der Waals surface area (Å²) in [5.74, 6) is 0. The zero-order chi connectivity index (χ0) is 12.9. The molecule has 0 saturated heterocycles. The van der Waals surface area contributed by atoms with Gasteiger partial charge in [-0.15, -0.1) is 0 Å². The third kappa shape index (κ3) is 5.04. The summed E-state index contributed by atoms with van der Waals surface area (Å²) in [5, 5.41) is 0. The van der Waals surface area contributed by atoms with Gasteiger partial charge in [0, 0.05) is 12.7 Å². The summed E-state index contributed by atoms with van der Waals surface area (Å²) in [6.07, 6.45) is -2.01. The minimum atomic E-state index is -4.20. The van der Waals surface area contributed by atoms with Gasteiger partial charge in [0.2, 0.25) is 0 Å². The van der Waals surface area contributed by atoms with E-state index in [1.165, 1.54) is 11.1 Å². The normalized spacial score (nSPS) is 12.1. The first-order chi connectivity index (χ1) is 7.92. The summed E-state index contributed by atoms with van der Waals surface area (Å²) in [7, 11) is 0. The van der Waals surface area contributed by atoms with Gasteiger partial charge in [0.1, 0.15) is 0 Å². The molecule has 6 heteroatoms. The number of anilines is 1. The van der Waals surface area contributed by atoms with Gasteiger partial charge in [-0.05, 0) is 25.1 Å². The van der Waals surface area contributed by atoms with Crippen LogP contribution in [0.3, 0.4) is 0 Å². The van der Waals surface area contributed by atoms with Crippen LogP contribution in [0.15, 0.2) is 18.3 Å². The third-order valence-electron chi connectivity index (χ3n) is 2.24. The average Bonchev–Trinajstić information content (AvgIpc) is 2.19. The Labute approximate surface area is 98.4 Å². The highest BCUT2D eigenvalue weighted by Crippen LogP contribution is 2.19. The molecule has 0 spiro atoms. The van der Waals surface area contributed by atoms with E-state index in [1.807, 2.05) is 6.92 Å². The molecular formula is C11H16F3N3. The summed E-state index contributed by atoms with van der Waals surface area (Å²) in [6, 6.07) is 3.30. The Morgan fingerprint density at radius 1 is 1.41 bits per heavy atom. The van der Waals surface area contributed by atoms with E-state index in [0.717, 1.165) is 0 Å². The van der Waals surface area contributed by atoms with Crippen LogP contribution < -0.4 is 5.73 Å². The Balaban J connectivity index is 2.70. The molecule has 0 atom stereocenters. The highest BCUT2D eigenvalue weighted by Gasteiger charge is 2.30. The predicted octanol–water partition coefficient (Wildman–Crippen LogP) is 2.44. The Hall–Kier alpha value is -1.30. The molecule has 0 saturated carbocycles. The number of hydrogen-bond acceptors (Lipinski definition) is 3. The van der Waals surface area contributed by atoms with Gasteiger partial charge in [-0.25, -0.2) is 0 Å². The van der Waals surface area contributed by atoms with Crippen LogP contribution in [0.4, 0.5) is 18.9 Å². The van der Waals surface area contributed by atoms with E-state index in [1.54, 1.807) is 12.1 Å². The number of pyridine rings is 1. The number of rotatable bonds is 5. The lowest BCUT2D eigenvalue weighted by Gasteiger charge is -2.23. The molecule has 0 aliphatic carbocycles. The minimum Gasteiger partial charge on any atom is -0.397 e. The quantitative estimate of drug-likeness (QED) is 0.869. The first-order valence-electron chi connectivity index (χ1n) is 5.41. The number of nitrogens with two attached hydrogens (primary N) is 1. The maximum Gasteiger partial charge on any atom is 0.401 e. The van der Waals surface area contributed by atoms with Crippen molar-refractivity contribution in [3.05, 3.63) is 24.0 Å². The van der Waals surface area contributed by atoms with Crippen molar-refractivity contribution in [3.8, 4) is 0 Å². The standard InChI is InChI=1S/C11H16F3N3/c1-2-6-17(8-11(12,13)14)7-10-9(15)4-3-5-16-10/h3-5H,2,6-8,15H2,1H3. The van der Waals surface area contributed by atoms with Gasteiger partial charge in [0.15, 0.2) is 0 Å². The minimum absolute atomic E-state index is 0.125. The van der Waals surface area contributed by atoms with E-state index < -0.39 is 12.7 Å². The van der Waals surface area contributed by atoms with Gasteiger partial charge in [0.05, 0.1) is 17.9 Å². The lowest BCUT2D eigenvalue weighted by Crippen LogP contribution is -2.34. The fourth-order valence-corrected chi connectivity index (χ4v) is 1.58. The van der Waals surface area contributed by atoms with Crippen molar-refractivity contribution in [2.24, 2.45) is 0 Å². The fraction of sp³-hybridized carbons (Fsp3) is 0.545. The third-order valence-corrected chi connectivity index (χ3v) is 2.24. The largest absolute Gasteiger partial charge is 0.401 e. The molecule has 0 amide bonds. The molecule has 1 heterocycles. The molecule has 2 N–H and O–H groups in total. The number of nitrogens with zero attached hydrogens (tertiary/aromatic N) is 2. The maximum atomic E-state index is 12.3. The van der Waals surface area contributed by atoms with Crippen molar-refractivity contribution in [1.29, 1.82) is 0 Å². The Kier molecular flexibility index (Phi) is 4.74. The molecule has 3 nitrogen and oxygen atoms in total. The average molecular weight is 247 g/mol. The molecule has 1 aromatic heterocycles. The van der Waals surface area contributed by atoms with Crippen molar-refractivity contribution >= 4 is 5.69 Å². The molecule has 0 fully saturated rings. The first-order valence-corrected chi connectivity index (χ1v) is 5.41. The molecule has 0 radical (unpaired) electrons. The molecule has 1 aromatic rings. The second kappa shape index (κ2) is 5.86. The highest BCUT2D eigenvalue weighted by molar-refractivity contribution is 5.41. The monoisotopic (exact) mass is 247 g/mol. The molecule has 0 aromatic carbocycles. The van der Waals surface area contributed by atoms with Crippen LogP contribution in [-0.2, 0) is 6.54 Å². The van der Waals surface area contributed by atoms with Gasteiger partial charge in [-0.2, -0.15) is 13.2 Å². The number of nitrogen functional groups attached to an aromatic ring is 1. The highest BCUT2D eigenvalue weighted by atomic mass is 19.4. The van der Waals surface area contributed by atoms with Gasteiger partial charge < -0.3 is 5.73 Å². The van der Waals surface area contributed by atoms with Crippen molar-refractivity contribution in [1.82, 2.24) is 9.88 Å². The van der Waals surface area contributed by atoms with E-state index >= 15 is 0 Å². The van der Waals surface area contributed by atoms with E-state index in [0.29, 0.717) is 24.3 Å². The van der Waals surface area contributed by atoms with Crippen molar-refractivity contribution in [3.63, 3.8) is 0 Å². The summed E-state index contributed by atoms with van der Waals surface area (Å²) in [4.78, 5) is 5.30. The van der Waals surface area contributed by atoms with Gasteiger partial charge >= 0.3 is 6.18 Å². The molecule has 0 aliphatic heterocycles. The Morgan fingerprint density at radius 3 is 2.65 bits per heavy atom. The smallest absolute Gasteiger partial charge is 0.397 e. The lowest BCUT2D eigenvalue weighted by atomic mass is 10.2. The molecular weight excluding hydrogens is 231 g/mol. The van der Waals surface area contributed by atoms with E-state index in [9.17, 15) is 13.2 Å². The van der Waals surface area contributed by atoms with Crippen LogP contribution in [-0.4, -0.2) is 29.1 Å². The number of alkyl halides is 3. The fourth-order valence-electron chi connectivity index (χ4n) is 1.58.